The molecule has 0 saturated carbocycles. The van der Waals surface area contributed by atoms with E-state index in [0.29, 0.717) is 31.1 Å². The Morgan fingerprint density at radius 3 is 2.30 bits per heavy atom. The first-order valence-electron chi connectivity index (χ1n) is 9.02. The van der Waals surface area contributed by atoms with Crippen LogP contribution in [0.1, 0.15) is 11.1 Å². The van der Waals surface area contributed by atoms with Crippen molar-refractivity contribution in [1.82, 2.24) is 9.21 Å². The predicted octanol–water partition coefficient (Wildman–Crippen LogP) is 2.25. The second kappa shape index (κ2) is 8.10. The zero-order valence-electron chi connectivity index (χ0n) is 15.7. The van der Waals surface area contributed by atoms with Crippen molar-refractivity contribution < 1.29 is 13.2 Å². The number of piperazine rings is 1. The van der Waals surface area contributed by atoms with Gasteiger partial charge in [0.25, 0.3) is 0 Å². The van der Waals surface area contributed by atoms with Gasteiger partial charge in [0.15, 0.2) is 0 Å². The highest BCUT2D eigenvalue weighted by molar-refractivity contribution is 7.89. The van der Waals surface area contributed by atoms with Crippen molar-refractivity contribution in [2.24, 2.45) is 0 Å². The van der Waals surface area contributed by atoms with Crippen molar-refractivity contribution in [1.29, 1.82) is 0 Å². The highest BCUT2D eigenvalue weighted by Crippen LogP contribution is 2.19. The van der Waals surface area contributed by atoms with Crippen LogP contribution in [0.4, 0.5) is 5.69 Å². The topological polar surface area (TPSA) is 69.7 Å². The van der Waals surface area contributed by atoms with Crippen LogP contribution in [-0.2, 0) is 14.8 Å². The highest BCUT2D eigenvalue weighted by Gasteiger charge is 2.29. The van der Waals surface area contributed by atoms with Crippen LogP contribution in [0.15, 0.2) is 53.4 Å². The van der Waals surface area contributed by atoms with Crippen molar-refractivity contribution in [3.8, 4) is 0 Å². The monoisotopic (exact) mass is 387 g/mol. The van der Waals surface area contributed by atoms with Crippen LogP contribution in [0, 0.1) is 13.8 Å². The average Bonchev–Trinajstić information content (AvgIpc) is 2.69. The first kappa shape index (κ1) is 19.4. The Morgan fingerprint density at radius 2 is 1.63 bits per heavy atom. The molecule has 1 heterocycles. The molecule has 0 radical (unpaired) electrons. The van der Waals surface area contributed by atoms with Gasteiger partial charge in [-0.05, 0) is 43.2 Å². The lowest BCUT2D eigenvalue weighted by Crippen LogP contribution is -2.51. The van der Waals surface area contributed by atoms with E-state index < -0.39 is 10.0 Å². The van der Waals surface area contributed by atoms with Gasteiger partial charge in [-0.25, -0.2) is 8.42 Å². The van der Waals surface area contributed by atoms with E-state index in [-0.39, 0.29) is 12.5 Å². The molecule has 6 nitrogen and oxygen atoms in total. The van der Waals surface area contributed by atoms with E-state index in [4.69, 9.17) is 0 Å². The Morgan fingerprint density at radius 1 is 0.963 bits per heavy atom. The Labute approximate surface area is 160 Å². The minimum atomic E-state index is -3.50. The summed E-state index contributed by atoms with van der Waals surface area (Å²) in [7, 11) is -3.50. The summed E-state index contributed by atoms with van der Waals surface area (Å²) in [6, 6.07) is 14.4. The molecule has 3 rings (SSSR count). The van der Waals surface area contributed by atoms with Gasteiger partial charge in [0, 0.05) is 31.9 Å². The Kier molecular flexibility index (Phi) is 5.82. The van der Waals surface area contributed by atoms with E-state index in [1.165, 1.54) is 9.87 Å². The summed E-state index contributed by atoms with van der Waals surface area (Å²) < 4.78 is 26.8. The number of rotatable bonds is 5. The minimum Gasteiger partial charge on any atom is -0.376 e. The van der Waals surface area contributed by atoms with Crippen molar-refractivity contribution in [2.45, 2.75) is 18.7 Å². The highest BCUT2D eigenvalue weighted by atomic mass is 32.2. The van der Waals surface area contributed by atoms with Crippen molar-refractivity contribution >= 4 is 21.6 Å². The number of carbonyl (C=O) groups is 1. The van der Waals surface area contributed by atoms with Crippen LogP contribution in [-0.4, -0.2) is 56.3 Å². The number of carbonyl (C=O) groups excluding carboxylic acids is 1. The SMILES string of the molecule is Cc1cccc(NCC(=O)N2CCN(S(=O)(=O)c3ccccc3)CC2)c1C. The van der Waals surface area contributed by atoms with Crippen LogP contribution in [0.2, 0.25) is 0 Å². The zero-order chi connectivity index (χ0) is 19.4. The van der Waals surface area contributed by atoms with Gasteiger partial charge in [-0.15, -0.1) is 0 Å². The summed E-state index contributed by atoms with van der Waals surface area (Å²) in [6.45, 7) is 5.69. The maximum atomic E-state index is 12.7. The summed E-state index contributed by atoms with van der Waals surface area (Å²) in [5, 5.41) is 3.20. The van der Waals surface area contributed by atoms with Crippen LogP contribution in [0.25, 0.3) is 0 Å². The minimum absolute atomic E-state index is 0.0207. The summed E-state index contributed by atoms with van der Waals surface area (Å²) in [4.78, 5) is 14.5. The van der Waals surface area contributed by atoms with Gasteiger partial charge in [0.2, 0.25) is 15.9 Å². The molecule has 0 spiro atoms. The number of benzene rings is 2. The van der Waals surface area contributed by atoms with Gasteiger partial charge < -0.3 is 10.2 Å². The van der Waals surface area contributed by atoms with Gasteiger partial charge in [-0.1, -0.05) is 30.3 Å². The second-order valence-electron chi connectivity index (χ2n) is 6.70. The van der Waals surface area contributed by atoms with Crippen LogP contribution in [0.3, 0.4) is 0 Å². The number of nitrogens with one attached hydrogen (secondary N) is 1. The number of nitrogens with zero attached hydrogens (tertiary/aromatic N) is 2. The van der Waals surface area contributed by atoms with Crippen LogP contribution >= 0.6 is 0 Å². The van der Waals surface area contributed by atoms with Gasteiger partial charge in [-0.3, -0.25) is 4.79 Å². The quantitative estimate of drug-likeness (QED) is 0.854. The Hall–Kier alpha value is -2.38. The summed E-state index contributed by atoms with van der Waals surface area (Å²) >= 11 is 0. The van der Waals surface area contributed by atoms with E-state index in [0.717, 1.165) is 11.3 Å². The molecule has 0 aromatic heterocycles. The van der Waals surface area contributed by atoms with E-state index in [1.807, 2.05) is 32.0 Å². The van der Waals surface area contributed by atoms with Gasteiger partial charge in [0.1, 0.15) is 0 Å². The van der Waals surface area contributed by atoms with Crippen molar-refractivity contribution in [3.63, 3.8) is 0 Å². The van der Waals surface area contributed by atoms with Crippen LogP contribution < -0.4 is 5.32 Å². The molecule has 0 aliphatic carbocycles. The third kappa shape index (κ3) is 4.31. The molecule has 1 aliphatic rings. The molecule has 144 valence electrons. The van der Waals surface area contributed by atoms with Gasteiger partial charge in [-0.2, -0.15) is 4.31 Å². The summed E-state index contributed by atoms with van der Waals surface area (Å²) in [6.07, 6.45) is 0. The van der Waals surface area contributed by atoms with Gasteiger partial charge >= 0.3 is 0 Å². The maximum Gasteiger partial charge on any atom is 0.243 e. The van der Waals surface area contributed by atoms with Gasteiger partial charge in [0.05, 0.1) is 11.4 Å². The molecule has 1 amide bonds. The largest absolute Gasteiger partial charge is 0.376 e. The molecule has 1 aliphatic heterocycles. The van der Waals surface area contributed by atoms with E-state index >= 15 is 0 Å². The summed E-state index contributed by atoms with van der Waals surface area (Å²) in [5.41, 5.74) is 3.25. The number of hydrogen-bond donors (Lipinski definition) is 1. The summed E-state index contributed by atoms with van der Waals surface area (Å²) in [5.74, 6) is -0.0207. The fraction of sp³-hybridized carbons (Fsp3) is 0.350. The Balaban J connectivity index is 1.56. The molecule has 1 saturated heterocycles. The van der Waals surface area contributed by atoms with Crippen LogP contribution in [0.5, 0.6) is 0 Å². The number of sulfonamides is 1. The lowest BCUT2D eigenvalue weighted by atomic mass is 10.1. The smallest absolute Gasteiger partial charge is 0.243 e. The third-order valence-corrected chi connectivity index (χ3v) is 6.92. The standard InChI is InChI=1S/C20H25N3O3S/c1-16-7-6-10-19(17(16)2)21-15-20(24)22-11-13-23(14-12-22)27(25,26)18-8-4-3-5-9-18/h3-10,21H,11-15H2,1-2H3. The molecular formula is C20H25N3O3S. The number of amides is 1. The van der Waals surface area contributed by atoms with E-state index in [1.54, 1.807) is 35.2 Å². The van der Waals surface area contributed by atoms with Crippen molar-refractivity contribution in [3.05, 3.63) is 59.7 Å². The van der Waals surface area contributed by atoms with E-state index in [2.05, 4.69) is 5.32 Å². The fourth-order valence-corrected chi connectivity index (χ4v) is 4.59. The molecule has 7 heteroatoms. The number of hydrogen-bond acceptors (Lipinski definition) is 4. The molecule has 0 atom stereocenters. The zero-order valence-corrected chi connectivity index (χ0v) is 16.5. The first-order chi connectivity index (χ1) is 12.9. The van der Waals surface area contributed by atoms with E-state index in [9.17, 15) is 13.2 Å². The lowest BCUT2D eigenvalue weighted by molar-refractivity contribution is -0.130. The molecule has 2 aromatic carbocycles. The average molecular weight is 388 g/mol. The lowest BCUT2D eigenvalue weighted by Gasteiger charge is -2.34. The third-order valence-electron chi connectivity index (χ3n) is 5.01. The maximum absolute atomic E-state index is 12.7. The predicted molar refractivity (Wildman–Crippen MR) is 106 cm³/mol. The number of anilines is 1. The normalized spacial score (nSPS) is 15.6. The first-order valence-corrected chi connectivity index (χ1v) is 10.5. The fourth-order valence-electron chi connectivity index (χ4n) is 3.14. The molecular weight excluding hydrogens is 362 g/mol. The molecule has 0 unspecified atom stereocenters. The molecule has 27 heavy (non-hydrogen) atoms. The van der Waals surface area contributed by atoms with Crippen molar-refractivity contribution in [2.75, 3.05) is 38.0 Å². The number of aryl methyl sites for hydroxylation is 1. The molecule has 2 aromatic rings. The Bertz CT molecular complexity index is 905. The molecule has 1 fully saturated rings. The molecule has 0 bridgehead atoms. The molecule has 1 N–H and O–H groups in total. The second-order valence-corrected chi connectivity index (χ2v) is 8.64.